The highest BCUT2D eigenvalue weighted by Gasteiger charge is 2.00. The van der Waals surface area contributed by atoms with Crippen molar-refractivity contribution in [1.29, 1.82) is 0 Å². The van der Waals surface area contributed by atoms with Gasteiger partial charge in [-0.15, -0.1) is 0 Å². The molecule has 0 aromatic rings. The first-order valence-electron chi connectivity index (χ1n) is 6.25. The molecule has 0 aromatic carbocycles. The molecule has 20 heavy (non-hydrogen) atoms. The molecule has 0 bridgehead atoms. The molecule has 0 aliphatic carbocycles. The molecule has 0 rings (SSSR count). The van der Waals surface area contributed by atoms with Gasteiger partial charge in [0.2, 0.25) is 0 Å². The Morgan fingerprint density at radius 1 is 1.30 bits per heavy atom. The quantitative estimate of drug-likeness (QED) is 0.393. The molecule has 0 heterocycles. The molecule has 6 heteroatoms. The van der Waals surface area contributed by atoms with Crippen LogP contribution in [-0.2, 0) is 19.1 Å². The molecule has 0 aromatic heterocycles. The maximum absolute atomic E-state index is 10.6. The van der Waals surface area contributed by atoms with Gasteiger partial charge in [-0.1, -0.05) is 13.2 Å². The average molecular weight is 288 g/mol. The molecule has 2 N–H and O–H groups in total. The summed E-state index contributed by atoms with van der Waals surface area (Å²) in [6, 6.07) is 0. The summed E-state index contributed by atoms with van der Waals surface area (Å²) in [4.78, 5) is 21.0. The van der Waals surface area contributed by atoms with Crippen LogP contribution in [0, 0.1) is 0 Å². The van der Waals surface area contributed by atoms with Gasteiger partial charge in [-0.3, -0.25) is 0 Å². The SMILES string of the molecule is C=C(C)C(=O)OCCCO.C=CC(=O)OCCC(C)O. The van der Waals surface area contributed by atoms with E-state index in [1.807, 2.05) is 0 Å². The van der Waals surface area contributed by atoms with E-state index in [1.54, 1.807) is 13.8 Å². The van der Waals surface area contributed by atoms with Crippen LogP contribution in [0.25, 0.3) is 0 Å². The number of hydrogen-bond donors (Lipinski definition) is 2. The Morgan fingerprint density at radius 2 is 1.90 bits per heavy atom. The van der Waals surface area contributed by atoms with Crippen LogP contribution in [0.5, 0.6) is 0 Å². The van der Waals surface area contributed by atoms with E-state index in [0.717, 1.165) is 6.08 Å². The van der Waals surface area contributed by atoms with Gasteiger partial charge in [-0.25, -0.2) is 9.59 Å². The van der Waals surface area contributed by atoms with E-state index in [-0.39, 0.29) is 19.8 Å². The highest BCUT2D eigenvalue weighted by molar-refractivity contribution is 5.86. The predicted molar refractivity (Wildman–Crippen MR) is 74.9 cm³/mol. The molecule has 0 aliphatic heterocycles. The normalized spacial score (nSPS) is 10.6. The summed E-state index contributed by atoms with van der Waals surface area (Å²) in [5.74, 6) is -0.839. The number of aliphatic hydroxyl groups excluding tert-OH is 2. The molecule has 0 saturated carbocycles. The lowest BCUT2D eigenvalue weighted by Gasteiger charge is -2.02. The summed E-state index contributed by atoms with van der Waals surface area (Å²) in [6.07, 6.45) is 1.64. The van der Waals surface area contributed by atoms with Crippen LogP contribution in [0.2, 0.25) is 0 Å². The summed E-state index contributed by atoms with van der Waals surface area (Å²) in [7, 11) is 0. The van der Waals surface area contributed by atoms with Crippen molar-refractivity contribution in [1.82, 2.24) is 0 Å². The summed E-state index contributed by atoms with van der Waals surface area (Å²) in [6.45, 7) is 10.4. The Bertz CT molecular complexity index is 309. The van der Waals surface area contributed by atoms with Crippen LogP contribution in [0.4, 0.5) is 0 Å². The molecule has 116 valence electrons. The summed E-state index contributed by atoms with van der Waals surface area (Å²) >= 11 is 0. The summed E-state index contributed by atoms with van der Waals surface area (Å²) in [5, 5.41) is 17.0. The molecular weight excluding hydrogens is 264 g/mol. The van der Waals surface area contributed by atoms with Gasteiger partial charge in [-0.2, -0.15) is 0 Å². The lowest BCUT2D eigenvalue weighted by atomic mass is 10.3. The van der Waals surface area contributed by atoms with Crippen molar-refractivity contribution in [3.8, 4) is 0 Å². The van der Waals surface area contributed by atoms with Gasteiger partial charge in [0.15, 0.2) is 0 Å². The molecule has 0 amide bonds. The van der Waals surface area contributed by atoms with E-state index in [2.05, 4.69) is 22.6 Å². The van der Waals surface area contributed by atoms with Gasteiger partial charge in [0.25, 0.3) is 0 Å². The van der Waals surface area contributed by atoms with Gasteiger partial charge in [0.1, 0.15) is 0 Å². The lowest BCUT2D eigenvalue weighted by Crippen LogP contribution is -2.08. The number of esters is 2. The van der Waals surface area contributed by atoms with Crippen molar-refractivity contribution in [3.63, 3.8) is 0 Å². The third-order valence-electron chi connectivity index (χ3n) is 1.83. The average Bonchev–Trinajstić information content (AvgIpc) is 2.38. The fourth-order valence-corrected chi connectivity index (χ4v) is 0.742. The number of hydrogen-bond acceptors (Lipinski definition) is 6. The zero-order valence-electron chi connectivity index (χ0n) is 12.1. The molecular formula is C14H24O6. The molecule has 6 nitrogen and oxygen atoms in total. The van der Waals surface area contributed by atoms with Crippen molar-refractivity contribution < 1.29 is 29.3 Å². The molecule has 1 unspecified atom stereocenters. The first kappa shape index (κ1) is 20.7. The third kappa shape index (κ3) is 16.3. The largest absolute Gasteiger partial charge is 0.462 e. The van der Waals surface area contributed by atoms with Crippen molar-refractivity contribution >= 4 is 11.9 Å². The second-order valence-corrected chi connectivity index (χ2v) is 4.00. The molecule has 0 spiro atoms. The van der Waals surface area contributed by atoms with Crippen molar-refractivity contribution in [2.24, 2.45) is 0 Å². The topological polar surface area (TPSA) is 93.1 Å². The van der Waals surface area contributed by atoms with E-state index in [0.29, 0.717) is 18.4 Å². The van der Waals surface area contributed by atoms with Crippen LogP contribution >= 0.6 is 0 Å². The second kappa shape index (κ2) is 13.8. The van der Waals surface area contributed by atoms with Crippen LogP contribution in [0.1, 0.15) is 26.7 Å². The van der Waals surface area contributed by atoms with Crippen molar-refractivity contribution in [2.75, 3.05) is 19.8 Å². The minimum atomic E-state index is -0.444. The van der Waals surface area contributed by atoms with Crippen LogP contribution < -0.4 is 0 Å². The molecule has 0 saturated heterocycles. The number of carbonyl (C=O) groups excluding carboxylic acids is 2. The molecule has 1 atom stereocenters. The number of ether oxygens (including phenoxy) is 2. The zero-order valence-corrected chi connectivity index (χ0v) is 12.1. The van der Waals surface area contributed by atoms with Gasteiger partial charge >= 0.3 is 11.9 Å². The third-order valence-corrected chi connectivity index (χ3v) is 1.83. The second-order valence-electron chi connectivity index (χ2n) is 4.00. The van der Waals surface area contributed by atoms with Crippen LogP contribution in [0.3, 0.4) is 0 Å². The number of carbonyl (C=O) groups is 2. The van der Waals surface area contributed by atoms with E-state index in [9.17, 15) is 9.59 Å². The monoisotopic (exact) mass is 288 g/mol. The Morgan fingerprint density at radius 3 is 2.30 bits per heavy atom. The fourth-order valence-electron chi connectivity index (χ4n) is 0.742. The standard InChI is InChI=1S/2C7H12O3/c1-6(2)7(9)10-5-3-4-8;1-3-7(9)10-5-4-6(2)8/h8H,1,3-5H2,2H3;3,6,8H,1,4-5H2,2H3. The fraction of sp³-hybridized carbons (Fsp3) is 0.571. The zero-order chi connectivity index (χ0) is 16.0. The minimum absolute atomic E-state index is 0.0451. The lowest BCUT2D eigenvalue weighted by molar-refractivity contribution is -0.139. The maximum atomic E-state index is 10.6. The Balaban J connectivity index is 0. The first-order valence-corrected chi connectivity index (χ1v) is 6.25. The molecule has 0 aliphatic rings. The van der Waals surface area contributed by atoms with E-state index in [1.165, 1.54) is 0 Å². The van der Waals surface area contributed by atoms with E-state index in [4.69, 9.17) is 10.2 Å². The Hall–Kier alpha value is -1.66. The predicted octanol–water partition coefficient (Wildman–Crippen LogP) is 0.975. The summed E-state index contributed by atoms with van der Waals surface area (Å²) < 4.78 is 9.23. The highest BCUT2D eigenvalue weighted by Crippen LogP contribution is 1.92. The van der Waals surface area contributed by atoms with Crippen molar-refractivity contribution in [2.45, 2.75) is 32.8 Å². The maximum Gasteiger partial charge on any atom is 0.333 e. The van der Waals surface area contributed by atoms with Crippen molar-refractivity contribution in [3.05, 3.63) is 24.8 Å². The van der Waals surface area contributed by atoms with Gasteiger partial charge in [0, 0.05) is 31.1 Å². The number of rotatable bonds is 8. The van der Waals surface area contributed by atoms with Gasteiger partial charge in [0.05, 0.1) is 19.3 Å². The minimum Gasteiger partial charge on any atom is -0.462 e. The number of aliphatic hydroxyl groups is 2. The van der Waals surface area contributed by atoms with E-state index < -0.39 is 18.0 Å². The Kier molecular flexibility index (Phi) is 14.2. The van der Waals surface area contributed by atoms with E-state index >= 15 is 0 Å². The Labute approximate surface area is 119 Å². The molecule has 0 radical (unpaired) electrons. The first-order chi connectivity index (χ1) is 9.34. The van der Waals surface area contributed by atoms with Gasteiger partial charge in [-0.05, 0) is 13.8 Å². The summed E-state index contributed by atoms with van der Waals surface area (Å²) in [5.41, 5.74) is 0.387. The van der Waals surface area contributed by atoms with Crippen LogP contribution in [0.15, 0.2) is 24.8 Å². The van der Waals surface area contributed by atoms with Gasteiger partial charge < -0.3 is 19.7 Å². The smallest absolute Gasteiger partial charge is 0.333 e. The molecule has 0 fully saturated rings. The highest BCUT2D eigenvalue weighted by atomic mass is 16.5. The van der Waals surface area contributed by atoms with Crippen LogP contribution in [-0.4, -0.2) is 48.1 Å².